The van der Waals surface area contributed by atoms with Gasteiger partial charge in [-0.05, 0) is 19.3 Å². The molecule has 3 unspecified atom stereocenters. The van der Waals surface area contributed by atoms with Gasteiger partial charge >= 0.3 is 0 Å². The third-order valence-electron chi connectivity index (χ3n) is 2.66. The van der Waals surface area contributed by atoms with E-state index in [0.717, 1.165) is 11.0 Å². The molecule has 2 rings (SSSR count). The molecule has 0 amide bonds. The number of ether oxygens (including phenoxy) is 1. The Hall–Kier alpha value is 0.140. The molecule has 2 saturated heterocycles. The molecule has 0 spiro atoms. The van der Waals surface area contributed by atoms with Crippen molar-refractivity contribution in [2.75, 3.05) is 6.54 Å². The van der Waals surface area contributed by atoms with Gasteiger partial charge in [-0.2, -0.15) is 0 Å². The second-order valence-corrected chi connectivity index (χ2v) is 4.74. The molecule has 3 heteroatoms. The summed E-state index contributed by atoms with van der Waals surface area (Å²) in [5.74, 6) is 0. The van der Waals surface area contributed by atoms with Gasteiger partial charge in [0.05, 0.1) is 12.2 Å². The molecular formula is C9H14BrNO. The van der Waals surface area contributed by atoms with Gasteiger partial charge in [-0.1, -0.05) is 22.5 Å². The maximum absolute atomic E-state index is 5.71. The minimum atomic E-state index is 0.474. The van der Waals surface area contributed by atoms with Crippen LogP contribution in [0.2, 0.25) is 0 Å². The van der Waals surface area contributed by atoms with Crippen LogP contribution in [0.25, 0.3) is 0 Å². The fraction of sp³-hybridized carbons (Fsp3) is 0.778. The van der Waals surface area contributed by atoms with E-state index in [-0.39, 0.29) is 0 Å². The standard InChI is InChI=1S/C9H14BrNO/c1-6(10)5-11-8-4-7-2-3-9(8)12-7/h7-9,11H,1-5H2. The Morgan fingerprint density at radius 2 is 2.42 bits per heavy atom. The van der Waals surface area contributed by atoms with E-state index < -0.39 is 0 Å². The lowest BCUT2D eigenvalue weighted by atomic mass is 9.95. The fourth-order valence-corrected chi connectivity index (χ4v) is 2.26. The van der Waals surface area contributed by atoms with Crippen molar-refractivity contribution in [3.8, 4) is 0 Å². The fourth-order valence-electron chi connectivity index (χ4n) is 2.09. The molecule has 68 valence electrons. The van der Waals surface area contributed by atoms with Crippen LogP contribution < -0.4 is 5.32 Å². The SMILES string of the molecule is C=C(Br)CNC1CC2CCC1O2. The first-order chi connectivity index (χ1) is 5.75. The molecule has 1 N–H and O–H groups in total. The zero-order chi connectivity index (χ0) is 8.55. The summed E-state index contributed by atoms with van der Waals surface area (Å²) in [7, 11) is 0. The predicted octanol–water partition coefficient (Wildman–Crippen LogP) is 1.80. The van der Waals surface area contributed by atoms with Gasteiger partial charge in [-0.3, -0.25) is 0 Å². The van der Waals surface area contributed by atoms with Crippen LogP contribution in [0.4, 0.5) is 0 Å². The van der Waals surface area contributed by atoms with Crippen molar-refractivity contribution < 1.29 is 4.74 Å². The summed E-state index contributed by atoms with van der Waals surface area (Å²) in [4.78, 5) is 0. The molecule has 2 fully saturated rings. The summed E-state index contributed by atoms with van der Waals surface area (Å²) in [6.07, 6.45) is 4.69. The molecule has 3 atom stereocenters. The average Bonchev–Trinajstić information content (AvgIpc) is 2.60. The molecule has 12 heavy (non-hydrogen) atoms. The smallest absolute Gasteiger partial charge is 0.0733 e. The second-order valence-electron chi connectivity index (χ2n) is 3.61. The number of nitrogens with one attached hydrogen (secondary N) is 1. The van der Waals surface area contributed by atoms with Gasteiger partial charge < -0.3 is 10.1 Å². The van der Waals surface area contributed by atoms with Crippen LogP contribution in [-0.4, -0.2) is 24.8 Å². The van der Waals surface area contributed by atoms with Crippen LogP contribution in [0.1, 0.15) is 19.3 Å². The van der Waals surface area contributed by atoms with E-state index in [0.29, 0.717) is 18.2 Å². The maximum atomic E-state index is 5.71. The lowest BCUT2D eigenvalue weighted by Crippen LogP contribution is -2.37. The molecule has 2 aliphatic rings. The highest BCUT2D eigenvalue weighted by Crippen LogP contribution is 2.34. The Labute approximate surface area is 81.5 Å². The number of hydrogen-bond acceptors (Lipinski definition) is 2. The molecule has 0 saturated carbocycles. The Bertz CT molecular complexity index is 195. The van der Waals surface area contributed by atoms with Crippen molar-refractivity contribution in [3.05, 3.63) is 11.1 Å². The molecule has 0 radical (unpaired) electrons. The van der Waals surface area contributed by atoms with Gasteiger partial charge in [0.2, 0.25) is 0 Å². The third-order valence-corrected chi connectivity index (χ3v) is 2.94. The first-order valence-electron chi connectivity index (χ1n) is 4.48. The Kier molecular flexibility index (Phi) is 2.53. The highest BCUT2D eigenvalue weighted by Gasteiger charge is 2.40. The first-order valence-corrected chi connectivity index (χ1v) is 5.27. The number of hydrogen-bond donors (Lipinski definition) is 1. The van der Waals surface area contributed by atoms with Crippen molar-refractivity contribution in [1.29, 1.82) is 0 Å². The molecular weight excluding hydrogens is 218 g/mol. The van der Waals surface area contributed by atoms with Crippen LogP contribution >= 0.6 is 15.9 Å². The Morgan fingerprint density at radius 1 is 1.58 bits per heavy atom. The van der Waals surface area contributed by atoms with Crippen molar-refractivity contribution in [1.82, 2.24) is 5.32 Å². The highest BCUT2D eigenvalue weighted by molar-refractivity contribution is 9.11. The van der Waals surface area contributed by atoms with E-state index in [1.807, 2.05) is 0 Å². The number of rotatable bonds is 3. The van der Waals surface area contributed by atoms with E-state index >= 15 is 0 Å². The van der Waals surface area contributed by atoms with Crippen LogP contribution in [0.3, 0.4) is 0 Å². The quantitative estimate of drug-likeness (QED) is 0.801. The summed E-state index contributed by atoms with van der Waals surface area (Å²) in [6, 6.07) is 0.568. The third kappa shape index (κ3) is 1.73. The number of fused-ring (bicyclic) bond motifs is 2. The second kappa shape index (κ2) is 3.48. The summed E-state index contributed by atoms with van der Waals surface area (Å²) in [5, 5.41) is 3.44. The molecule has 2 nitrogen and oxygen atoms in total. The first kappa shape index (κ1) is 8.73. The van der Waals surface area contributed by atoms with E-state index in [1.54, 1.807) is 0 Å². The number of halogens is 1. The summed E-state index contributed by atoms with van der Waals surface area (Å²) in [6.45, 7) is 4.65. The van der Waals surface area contributed by atoms with Crippen molar-refractivity contribution in [2.45, 2.75) is 37.5 Å². The van der Waals surface area contributed by atoms with E-state index in [2.05, 4.69) is 27.8 Å². The van der Waals surface area contributed by atoms with Gasteiger partial charge in [0.1, 0.15) is 0 Å². The largest absolute Gasteiger partial charge is 0.373 e. The Balaban J connectivity index is 1.79. The molecule has 2 bridgehead atoms. The topological polar surface area (TPSA) is 21.3 Å². The Morgan fingerprint density at radius 3 is 2.92 bits per heavy atom. The lowest BCUT2D eigenvalue weighted by molar-refractivity contribution is 0.0978. The van der Waals surface area contributed by atoms with Gasteiger partial charge in [0.15, 0.2) is 0 Å². The molecule has 0 aromatic carbocycles. The van der Waals surface area contributed by atoms with Crippen LogP contribution in [0.5, 0.6) is 0 Å². The van der Waals surface area contributed by atoms with Gasteiger partial charge in [0.25, 0.3) is 0 Å². The van der Waals surface area contributed by atoms with Crippen molar-refractivity contribution >= 4 is 15.9 Å². The minimum Gasteiger partial charge on any atom is -0.373 e. The summed E-state index contributed by atoms with van der Waals surface area (Å²) >= 11 is 3.34. The normalized spacial score (nSPS) is 38.9. The van der Waals surface area contributed by atoms with Crippen LogP contribution in [0.15, 0.2) is 11.1 Å². The predicted molar refractivity (Wildman–Crippen MR) is 52.4 cm³/mol. The highest BCUT2D eigenvalue weighted by atomic mass is 79.9. The minimum absolute atomic E-state index is 0.474. The van der Waals surface area contributed by atoms with Crippen molar-refractivity contribution in [2.24, 2.45) is 0 Å². The summed E-state index contributed by atoms with van der Waals surface area (Å²) < 4.78 is 6.73. The van der Waals surface area contributed by atoms with Gasteiger partial charge in [0, 0.05) is 17.1 Å². The zero-order valence-electron chi connectivity index (χ0n) is 7.05. The monoisotopic (exact) mass is 231 g/mol. The van der Waals surface area contributed by atoms with Crippen LogP contribution in [0, 0.1) is 0 Å². The molecule has 0 aromatic rings. The molecule has 0 aromatic heterocycles. The van der Waals surface area contributed by atoms with Crippen LogP contribution in [-0.2, 0) is 4.74 Å². The van der Waals surface area contributed by atoms with E-state index in [1.165, 1.54) is 19.3 Å². The van der Waals surface area contributed by atoms with Gasteiger partial charge in [-0.15, -0.1) is 0 Å². The van der Waals surface area contributed by atoms with E-state index in [4.69, 9.17) is 4.74 Å². The van der Waals surface area contributed by atoms with E-state index in [9.17, 15) is 0 Å². The molecule has 2 aliphatic heterocycles. The van der Waals surface area contributed by atoms with Crippen molar-refractivity contribution in [3.63, 3.8) is 0 Å². The van der Waals surface area contributed by atoms with Gasteiger partial charge in [-0.25, -0.2) is 0 Å². The molecule has 2 heterocycles. The molecule has 0 aliphatic carbocycles. The lowest BCUT2D eigenvalue weighted by Gasteiger charge is -2.19. The zero-order valence-corrected chi connectivity index (χ0v) is 8.64. The summed E-state index contributed by atoms with van der Waals surface area (Å²) in [5.41, 5.74) is 0. The maximum Gasteiger partial charge on any atom is 0.0733 e. The average molecular weight is 232 g/mol.